The Kier molecular flexibility index (Phi) is 7.41. The molecule has 3 heterocycles. The zero-order valence-corrected chi connectivity index (χ0v) is 20.0. The second kappa shape index (κ2) is 10.2. The van der Waals surface area contributed by atoms with Crippen molar-refractivity contribution >= 4 is 39.7 Å². The third-order valence-electron chi connectivity index (χ3n) is 6.28. The molecule has 0 bridgehead atoms. The maximum Gasteiger partial charge on any atom is 0.419 e. The Labute approximate surface area is 206 Å². The normalized spacial score (nSPS) is 19.6. The molecule has 4 rings (SSSR count). The first-order chi connectivity index (χ1) is 16.5. The summed E-state index contributed by atoms with van der Waals surface area (Å²) in [5, 5.41) is 2.33. The van der Waals surface area contributed by atoms with Crippen LogP contribution >= 0.6 is 11.6 Å². The van der Waals surface area contributed by atoms with E-state index in [1.54, 1.807) is 4.90 Å². The third kappa shape index (κ3) is 5.80. The maximum absolute atomic E-state index is 14.4. The van der Waals surface area contributed by atoms with E-state index in [0.29, 0.717) is 50.3 Å². The lowest BCUT2D eigenvalue weighted by atomic mass is 10.0. The number of hydrogen-bond acceptors (Lipinski definition) is 6. The van der Waals surface area contributed by atoms with Gasteiger partial charge in [0.25, 0.3) is 0 Å². The van der Waals surface area contributed by atoms with Crippen molar-refractivity contribution in [2.75, 3.05) is 29.9 Å². The predicted octanol–water partition coefficient (Wildman–Crippen LogP) is 3.69. The van der Waals surface area contributed by atoms with Crippen molar-refractivity contribution in [3.05, 3.63) is 52.4 Å². The lowest BCUT2D eigenvalue weighted by Crippen LogP contribution is -2.47. The zero-order valence-electron chi connectivity index (χ0n) is 18.4. The first kappa shape index (κ1) is 25.5. The van der Waals surface area contributed by atoms with E-state index in [0.717, 1.165) is 12.1 Å². The van der Waals surface area contributed by atoms with Crippen molar-refractivity contribution in [3.63, 3.8) is 0 Å². The number of hydrogen-bond donors (Lipinski definition) is 2. The van der Waals surface area contributed by atoms with E-state index >= 15 is 0 Å². The second-order valence-electron chi connectivity index (χ2n) is 8.55. The molecular weight excluding hydrogens is 512 g/mol. The molecule has 2 aromatic rings. The number of piperidine rings is 1. The SMILES string of the molecule is O=C1[C@@H](Nc2ccc(C[SH](=O)=O)cc2F)CCN1C1CCN(c2ccc(C(F)(F)F)c(Cl)n2)CC1. The minimum Gasteiger partial charge on any atom is -0.371 e. The van der Waals surface area contributed by atoms with Crippen molar-refractivity contribution in [2.24, 2.45) is 0 Å². The van der Waals surface area contributed by atoms with E-state index in [2.05, 4.69) is 10.3 Å². The Balaban J connectivity index is 1.34. The number of benzene rings is 1. The van der Waals surface area contributed by atoms with Gasteiger partial charge in [0, 0.05) is 25.7 Å². The zero-order chi connectivity index (χ0) is 25.3. The summed E-state index contributed by atoms with van der Waals surface area (Å²) in [5.41, 5.74) is -0.514. The molecule has 7 nitrogen and oxygen atoms in total. The van der Waals surface area contributed by atoms with Gasteiger partial charge in [0.15, 0.2) is 0 Å². The van der Waals surface area contributed by atoms with Crippen LogP contribution in [0.3, 0.4) is 0 Å². The molecule has 0 saturated carbocycles. The van der Waals surface area contributed by atoms with Crippen LogP contribution in [0.15, 0.2) is 30.3 Å². The third-order valence-corrected chi connectivity index (χ3v) is 7.19. The maximum atomic E-state index is 14.4. The van der Waals surface area contributed by atoms with E-state index in [1.807, 2.05) is 4.90 Å². The van der Waals surface area contributed by atoms with Crippen LogP contribution < -0.4 is 10.2 Å². The minimum absolute atomic E-state index is 0.0453. The molecule has 2 fully saturated rings. The molecule has 0 radical (unpaired) electrons. The summed E-state index contributed by atoms with van der Waals surface area (Å²) in [6.07, 6.45) is -2.87. The highest BCUT2D eigenvalue weighted by Crippen LogP contribution is 2.35. The number of carbonyl (C=O) groups is 1. The molecule has 2 saturated heterocycles. The van der Waals surface area contributed by atoms with Gasteiger partial charge >= 0.3 is 6.18 Å². The molecule has 0 spiro atoms. The quantitative estimate of drug-likeness (QED) is 0.334. The summed E-state index contributed by atoms with van der Waals surface area (Å²) < 4.78 is 74.8. The Bertz CT molecular complexity index is 1180. The van der Waals surface area contributed by atoms with Crippen LogP contribution in [0.2, 0.25) is 5.15 Å². The van der Waals surface area contributed by atoms with Crippen LogP contribution in [0.4, 0.5) is 29.1 Å². The smallest absolute Gasteiger partial charge is 0.371 e. The number of alkyl halides is 3. The molecule has 35 heavy (non-hydrogen) atoms. The van der Waals surface area contributed by atoms with Crippen molar-refractivity contribution in [1.82, 2.24) is 9.88 Å². The van der Waals surface area contributed by atoms with Crippen LogP contribution in [-0.2, 0) is 27.4 Å². The summed E-state index contributed by atoms with van der Waals surface area (Å²) in [6.45, 7) is 1.50. The lowest BCUT2D eigenvalue weighted by Gasteiger charge is -2.37. The van der Waals surface area contributed by atoms with Gasteiger partial charge in [-0.2, -0.15) is 13.2 Å². The molecule has 190 valence electrons. The number of carbonyl (C=O) groups excluding carboxylic acids is 1. The standard InChI is InChI=1S/C22H23ClF4N4O3S/c23-20-15(22(25,26)27)2-4-19(29-20)30-8-5-14(6-9-30)31-10-7-18(21(31)32)28-17-3-1-13(11-16(17)24)12-35(33)34/h1-4,11,14,18,28,35H,5-10,12H2/t18-/m0/s1. The van der Waals surface area contributed by atoms with Crippen LogP contribution in [0.1, 0.15) is 30.4 Å². The van der Waals surface area contributed by atoms with Gasteiger partial charge in [-0.25, -0.2) is 17.8 Å². The number of nitrogens with zero attached hydrogens (tertiary/aromatic N) is 3. The van der Waals surface area contributed by atoms with E-state index in [9.17, 15) is 30.8 Å². The molecule has 1 aromatic heterocycles. The van der Waals surface area contributed by atoms with Crippen molar-refractivity contribution < 1.29 is 30.8 Å². The molecule has 1 atom stereocenters. The van der Waals surface area contributed by atoms with Gasteiger partial charge < -0.3 is 15.1 Å². The van der Waals surface area contributed by atoms with Crippen molar-refractivity contribution in [2.45, 2.75) is 43.3 Å². The van der Waals surface area contributed by atoms with Crippen LogP contribution in [0, 0.1) is 5.82 Å². The number of aromatic nitrogens is 1. The van der Waals surface area contributed by atoms with Crippen LogP contribution in [0.5, 0.6) is 0 Å². The van der Waals surface area contributed by atoms with Gasteiger partial charge in [-0.15, -0.1) is 0 Å². The van der Waals surface area contributed by atoms with Crippen molar-refractivity contribution in [1.29, 1.82) is 0 Å². The first-order valence-electron chi connectivity index (χ1n) is 11.0. The van der Waals surface area contributed by atoms with Crippen LogP contribution in [-0.4, -0.2) is 55.9 Å². The summed E-state index contributed by atoms with van der Waals surface area (Å²) in [7, 11) is -2.67. The number of anilines is 2. The number of thiol groups is 1. The summed E-state index contributed by atoms with van der Waals surface area (Å²) in [6, 6.07) is 5.65. The second-order valence-corrected chi connectivity index (χ2v) is 9.89. The molecule has 2 aliphatic heterocycles. The molecule has 2 aliphatic rings. The average molecular weight is 535 g/mol. The Morgan fingerprint density at radius 3 is 2.40 bits per heavy atom. The minimum atomic E-state index is -4.57. The number of halogens is 5. The molecule has 0 aliphatic carbocycles. The Hall–Kier alpha value is -2.60. The van der Waals surface area contributed by atoms with Gasteiger partial charge in [-0.3, -0.25) is 4.79 Å². The van der Waals surface area contributed by atoms with E-state index in [4.69, 9.17) is 11.6 Å². The average Bonchev–Trinajstić information content (AvgIpc) is 3.14. The summed E-state index contributed by atoms with van der Waals surface area (Å²) >= 11 is 5.74. The topological polar surface area (TPSA) is 82.6 Å². The molecule has 0 unspecified atom stereocenters. The number of rotatable bonds is 6. The highest BCUT2D eigenvalue weighted by Gasteiger charge is 2.38. The Morgan fingerprint density at radius 2 is 1.80 bits per heavy atom. The molecule has 1 N–H and O–H groups in total. The number of nitrogens with one attached hydrogen (secondary N) is 1. The number of likely N-dealkylation sites (tertiary alicyclic amines) is 1. The van der Waals surface area contributed by atoms with Gasteiger partial charge in [0.2, 0.25) is 5.91 Å². The van der Waals surface area contributed by atoms with Gasteiger partial charge in [0.1, 0.15) is 33.5 Å². The molecular formula is C22H23ClF4N4O3S. The van der Waals surface area contributed by atoms with Gasteiger partial charge in [0.05, 0.1) is 17.0 Å². The largest absolute Gasteiger partial charge is 0.419 e. The van der Waals surface area contributed by atoms with Gasteiger partial charge in [-0.05, 0) is 49.1 Å². The molecule has 1 aromatic carbocycles. The highest BCUT2D eigenvalue weighted by atomic mass is 35.5. The summed E-state index contributed by atoms with van der Waals surface area (Å²) in [4.78, 5) is 20.5. The first-order valence-corrected chi connectivity index (χ1v) is 12.7. The fourth-order valence-electron chi connectivity index (χ4n) is 4.53. The lowest BCUT2D eigenvalue weighted by molar-refractivity contribution is -0.137. The van der Waals surface area contributed by atoms with Crippen molar-refractivity contribution in [3.8, 4) is 0 Å². The summed E-state index contributed by atoms with van der Waals surface area (Å²) in [5.74, 6) is -0.670. The highest BCUT2D eigenvalue weighted by molar-refractivity contribution is 7.71. The van der Waals surface area contributed by atoms with E-state index in [1.165, 1.54) is 18.2 Å². The predicted molar refractivity (Wildman–Crippen MR) is 124 cm³/mol. The monoisotopic (exact) mass is 534 g/mol. The Morgan fingerprint density at radius 1 is 1.09 bits per heavy atom. The molecule has 13 heteroatoms. The van der Waals surface area contributed by atoms with Gasteiger partial charge in [-0.1, -0.05) is 17.7 Å². The van der Waals surface area contributed by atoms with Crippen LogP contribution in [0.25, 0.3) is 0 Å². The number of pyridine rings is 1. The fraction of sp³-hybridized carbons (Fsp3) is 0.455. The molecule has 1 amide bonds. The fourth-order valence-corrected chi connectivity index (χ4v) is 5.28. The number of amides is 1. The van der Waals surface area contributed by atoms with E-state index < -0.39 is 39.5 Å². The van der Waals surface area contributed by atoms with E-state index in [-0.39, 0.29) is 23.4 Å².